The van der Waals surface area contributed by atoms with Gasteiger partial charge in [-0.1, -0.05) is 18.2 Å². The molecule has 3 aliphatic rings. The molecule has 0 radical (unpaired) electrons. The van der Waals surface area contributed by atoms with Gasteiger partial charge in [0.05, 0.1) is 5.52 Å². The number of carbonyl (C=O) groups is 2. The summed E-state index contributed by atoms with van der Waals surface area (Å²) >= 11 is 0. The summed E-state index contributed by atoms with van der Waals surface area (Å²) in [6, 6.07) is 9.86. The van der Waals surface area contributed by atoms with Crippen LogP contribution in [0, 0.1) is 0 Å². The van der Waals surface area contributed by atoms with Gasteiger partial charge < -0.3 is 10.2 Å². The molecule has 3 saturated heterocycles. The summed E-state index contributed by atoms with van der Waals surface area (Å²) in [7, 11) is 1.92. The van der Waals surface area contributed by atoms with E-state index < -0.39 is 0 Å². The molecule has 2 unspecified atom stereocenters. The van der Waals surface area contributed by atoms with Crippen molar-refractivity contribution < 1.29 is 9.59 Å². The number of hydrogen-bond acceptors (Lipinski definition) is 5. The fourth-order valence-corrected chi connectivity index (χ4v) is 6.51. The molecule has 8 heteroatoms. The van der Waals surface area contributed by atoms with E-state index >= 15 is 0 Å². The Morgan fingerprint density at radius 3 is 2.51 bits per heavy atom. The lowest BCUT2D eigenvalue weighted by atomic mass is 9.97. The molecule has 2 amide bonds. The second-order valence-corrected chi connectivity index (χ2v) is 11.0. The molecular formula is C27H40N6O2. The Morgan fingerprint density at radius 1 is 1.11 bits per heavy atom. The molecule has 2 aromatic rings. The number of nitrogens with one attached hydrogen (secondary N) is 1. The van der Waals surface area contributed by atoms with E-state index in [1.165, 1.54) is 12.8 Å². The van der Waals surface area contributed by atoms with Gasteiger partial charge in [0, 0.05) is 75.7 Å². The third-order valence-electron chi connectivity index (χ3n) is 8.50. The summed E-state index contributed by atoms with van der Waals surface area (Å²) in [4.78, 5) is 32.1. The number of likely N-dealkylation sites (tertiary alicyclic amines) is 1. The van der Waals surface area contributed by atoms with Crippen LogP contribution in [0.1, 0.15) is 69.4 Å². The van der Waals surface area contributed by atoms with Crippen LogP contribution in [0.25, 0.3) is 10.9 Å². The summed E-state index contributed by atoms with van der Waals surface area (Å²) in [6.45, 7) is 10.0. The Balaban J connectivity index is 1.17. The molecule has 3 fully saturated rings. The van der Waals surface area contributed by atoms with Crippen LogP contribution in [-0.2, 0) is 4.79 Å². The van der Waals surface area contributed by atoms with Gasteiger partial charge in [-0.05, 0) is 52.0 Å². The Bertz CT molecular complexity index is 1070. The van der Waals surface area contributed by atoms with Crippen LogP contribution in [0.5, 0.6) is 0 Å². The molecule has 3 aliphatic heterocycles. The minimum Gasteiger partial charge on any atom is -0.348 e. The van der Waals surface area contributed by atoms with E-state index in [2.05, 4.69) is 34.1 Å². The third-order valence-corrected chi connectivity index (χ3v) is 8.50. The van der Waals surface area contributed by atoms with Gasteiger partial charge in [-0.3, -0.25) is 24.1 Å². The molecule has 190 valence electrons. The lowest BCUT2D eigenvalue weighted by molar-refractivity contribution is -0.129. The number of benzene rings is 1. The molecule has 0 aliphatic carbocycles. The number of carbonyl (C=O) groups excluding carboxylic acids is 2. The number of aromatic nitrogens is 2. The van der Waals surface area contributed by atoms with Crippen molar-refractivity contribution in [2.75, 3.05) is 33.2 Å². The SMILES string of the molecule is CC(=O)N(C)C1CCN(CCN2[C@@H]3CC[C@H]2CC(NC(=O)c2nn(C(C)C)c4ccccc24)C3)C1. The van der Waals surface area contributed by atoms with Crippen LogP contribution < -0.4 is 5.32 Å². The average molecular weight is 481 g/mol. The summed E-state index contributed by atoms with van der Waals surface area (Å²) in [5.41, 5.74) is 1.56. The maximum Gasteiger partial charge on any atom is 0.272 e. The van der Waals surface area contributed by atoms with Crippen LogP contribution in [0.15, 0.2) is 24.3 Å². The zero-order valence-corrected chi connectivity index (χ0v) is 21.6. The first kappa shape index (κ1) is 24.3. The van der Waals surface area contributed by atoms with E-state index in [-0.39, 0.29) is 23.9 Å². The van der Waals surface area contributed by atoms with Gasteiger partial charge in [0.25, 0.3) is 5.91 Å². The average Bonchev–Trinajstić information content (AvgIpc) is 3.51. The zero-order valence-electron chi connectivity index (χ0n) is 21.6. The van der Waals surface area contributed by atoms with Crippen LogP contribution in [-0.4, -0.2) is 93.7 Å². The molecule has 4 heterocycles. The topological polar surface area (TPSA) is 73.7 Å². The highest BCUT2D eigenvalue weighted by molar-refractivity contribution is 6.05. The maximum atomic E-state index is 13.3. The first-order valence-electron chi connectivity index (χ1n) is 13.3. The molecule has 8 nitrogen and oxygen atoms in total. The monoisotopic (exact) mass is 480 g/mol. The number of likely N-dealkylation sites (N-methyl/N-ethyl adjacent to an activating group) is 1. The van der Waals surface area contributed by atoms with Crippen molar-refractivity contribution in [3.8, 4) is 0 Å². The molecule has 1 N–H and O–H groups in total. The first-order chi connectivity index (χ1) is 16.8. The number of piperidine rings is 1. The minimum atomic E-state index is -0.0452. The fourth-order valence-electron chi connectivity index (χ4n) is 6.51. The van der Waals surface area contributed by atoms with Crippen LogP contribution in [0.2, 0.25) is 0 Å². The Hall–Kier alpha value is -2.45. The molecule has 1 aromatic heterocycles. The normalized spacial score (nSPS) is 27.1. The van der Waals surface area contributed by atoms with Gasteiger partial charge in [0.15, 0.2) is 5.69 Å². The predicted octanol–water partition coefficient (Wildman–Crippen LogP) is 2.90. The quantitative estimate of drug-likeness (QED) is 0.660. The number of fused-ring (bicyclic) bond motifs is 3. The van der Waals surface area contributed by atoms with Crippen molar-refractivity contribution in [3.05, 3.63) is 30.0 Å². The number of hydrogen-bond donors (Lipinski definition) is 1. The Morgan fingerprint density at radius 2 is 1.83 bits per heavy atom. The van der Waals surface area contributed by atoms with Crippen LogP contribution in [0.4, 0.5) is 0 Å². The highest BCUT2D eigenvalue weighted by Gasteiger charge is 2.41. The lowest BCUT2D eigenvalue weighted by Crippen LogP contribution is -2.52. The summed E-state index contributed by atoms with van der Waals surface area (Å²) < 4.78 is 1.95. The van der Waals surface area contributed by atoms with Gasteiger partial charge in [0.1, 0.15) is 0 Å². The number of rotatable bonds is 7. The van der Waals surface area contributed by atoms with Gasteiger partial charge in [-0.25, -0.2) is 0 Å². The standard InChI is InChI=1S/C27H40N6O2/c1-18(2)33-25-8-6-5-7-24(25)26(29-33)27(35)28-20-15-21-9-10-22(16-20)32(21)14-13-31-12-11-23(17-31)30(4)19(3)34/h5-8,18,20-23H,9-17H2,1-4H3,(H,28,35)/t20?,21-,22+,23?. The molecule has 1 aromatic carbocycles. The van der Waals surface area contributed by atoms with Crippen molar-refractivity contribution in [2.24, 2.45) is 0 Å². The lowest BCUT2D eigenvalue weighted by Gasteiger charge is -2.39. The molecule has 0 spiro atoms. The van der Waals surface area contributed by atoms with Crippen LogP contribution in [0.3, 0.4) is 0 Å². The second kappa shape index (κ2) is 9.90. The Kier molecular flexibility index (Phi) is 6.86. The summed E-state index contributed by atoms with van der Waals surface area (Å²) in [6.07, 6.45) is 5.54. The molecule has 4 atom stereocenters. The zero-order chi connectivity index (χ0) is 24.7. The third kappa shape index (κ3) is 4.83. The van der Waals surface area contributed by atoms with E-state index in [0.717, 1.165) is 56.3 Å². The van der Waals surface area contributed by atoms with Crippen molar-refractivity contribution in [2.45, 2.75) is 83.1 Å². The van der Waals surface area contributed by atoms with Crippen LogP contribution >= 0.6 is 0 Å². The smallest absolute Gasteiger partial charge is 0.272 e. The van der Waals surface area contributed by atoms with Gasteiger partial charge in [-0.2, -0.15) is 5.10 Å². The van der Waals surface area contributed by atoms with E-state index in [1.54, 1.807) is 6.92 Å². The minimum absolute atomic E-state index is 0.0452. The van der Waals surface area contributed by atoms with E-state index in [9.17, 15) is 9.59 Å². The van der Waals surface area contributed by atoms with E-state index in [4.69, 9.17) is 0 Å². The highest BCUT2D eigenvalue weighted by atomic mass is 16.2. The summed E-state index contributed by atoms with van der Waals surface area (Å²) in [5.74, 6) is 0.110. The van der Waals surface area contributed by atoms with Crippen molar-refractivity contribution in [1.29, 1.82) is 0 Å². The predicted molar refractivity (Wildman–Crippen MR) is 137 cm³/mol. The molecular weight excluding hydrogens is 440 g/mol. The maximum absolute atomic E-state index is 13.3. The fraction of sp³-hybridized carbons (Fsp3) is 0.667. The largest absolute Gasteiger partial charge is 0.348 e. The highest BCUT2D eigenvalue weighted by Crippen LogP contribution is 2.36. The number of amides is 2. The molecule has 35 heavy (non-hydrogen) atoms. The summed E-state index contributed by atoms with van der Waals surface area (Å²) in [5, 5.41) is 8.96. The first-order valence-corrected chi connectivity index (χ1v) is 13.3. The number of para-hydroxylation sites is 1. The van der Waals surface area contributed by atoms with Gasteiger partial charge in [0.2, 0.25) is 5.91 Å². The van der Waals surface area contributed by atoms with Crippen molar-refractivity contribution >= 4 is 22.7 Å². The second-order valence-electron chi connectivity index (χ2n) is 11.0. The Labute approximate surface area is 208 Å². The number of nitrogens with zero attached hydrogens (tertiary/aromatic N) is 5. The van der Waals surface area contributed by atoms with E-state index in [1.807, 2.05) is 40.9 Å². The van der Waals surface area contributed by atoms with Crippen molar-refractivity contribution in [3.63, 3.8) is 0 Å². The molecule has 2 bridgehead atoms. The van der Waals surface area contributed by atoms with Gasteiger partial charge >= 0.3 is 0 Å². The van der Waals surface area contributed by atoms with Crippen molar-refractivity contribution in [1.82, 2.24) is 29.8 Å². The molecule has 0 saturated carbocycles. The van der Waals surface area contributed by atoms with Gasteiger partial charge in [-0.15, -0.1) is 0 Å². The molecule has 5 rings (SSSR count). The van der Waals surface area contributed by atoms with E-state index in [0.29, 0.717) is 23.8 Å².